The van der Waals surface area contributed by atoms with Crippen molar-refractivity contribution in [1.82, 2.24) is 10.9 Å². The summed E-state index contributed by atoms with van der Waals surface area (Å²) in [5.74, 6) is -1.76. The lowest BCUT2D eigenvalue weighted by Crippen LogP contribution is -2.47. The van der Waals surface area contributed by atoms with Crippen molar-refractivity contribution in [3.8, 4) is 5.75 Å². The van der Waals surface area contributed by atoms with Gasteiger partial charge in [-0.2, -0.15) is 13.2 Å². The van der Waals surface area contributed by atoms with Crippen LogP contribution in [-0.4, -0.2) is 17.9 Å². The molecule has 0 bridgehead atoms. The molecule has 0 aliphatic heterocycles. The Morgan fingerprint density at radius 2 is 1.66 bits per heavy atom. The molecular weight excluding hydrogens is 421 g/mol. The van der Waals surface area contributed by atoms with Gasteiger partial charge in [0.1, 0.15) is 5.75 Å². The first-order valence-corrected chi connectivity index (χ1v) is 10.2. The van der Waals surface area contributed by atoms with Crippen molar-refractivity contribution in [3.63, 3.8) is 0 Å². The lowest BCUT2D eigenvalue weighted by molar-refractivity contribution is -0.138. The highest BCUT2D eigenvalue weighted by molar-refractivity contribution is 5.88. The summed E-state index contributed by atoms with van der Waals surface area (Å²) < 4.78 is 45.3. The van der Waals surface area contributed by atoms with Crippen LogP contribution in [0.25, 0.3) is 10.8 Å². The molecule has 1 aliphatic carbocycles. The van der Waals surface area contributed by atoms with Crippen LogP contribution in [0.5, 0.6) is 5.75 Å². The number of hydrogen-bond donors (Lipinski definition) is 2. The summed E-state index contributed by atoms with van der Waals surface area (Å²) in [6.07, 6.45) is -5.08. The standard InChI is InChI=1S/C24H21F3N2O3/c1-14(32-17-11-10-15-6-2-3-7-16(15)12-17)22(30)28-29-23(31)20-13-19(20)18-8-4-5-9-21(18)24(25,26)27/h2-12,14,19-20H,13H2,1H3,(H,28,30)(H,29,31). The van der Waals surface area contributed by atoms with E-state index < -0.39 is 41.5 Å². The third-order valence-corrected chi connectivity index (χ3v) is 5.50. The van der Waals surface area contributed by atoms with E-state index in [1.807, 2.05) is 36.4 Å². The zero-order valence-corrected chi connectivity index (χ0v) is 17.1. The summed E-state index contributed by atoms with van der Waals surface area (Å²) in [7, 11) is 0. The summed E-state index contributed by atoms with van der Waals surface area (Å²) in [6, 6.07) is 18.4. The Hall–Kier alpha value is -3.55. The minimum Gasteiger partial charge on any atom is -0.481 e. The molecule has 3 unspecified atom stereocenters. The van der Waals surface area contributed by atoms with Gasteiger partial charge in [-0.15, -0.1) is 0 Å². The van der Waals surface area contributed by atoms with Gasteiger partial charge in [-0.3, -0.25) is 20.4 Å². The lowest BCUT2D eigenvalue weighted by atomic mass is 10.0. The number of fused-ring (bicyclic) bond motifs is 1. The quantitative estimate of drug-likeness (QED) is 0.569. The van der Waals surface area contributed by atoms with Crippen molar-refractivity contribution in [1.29, 1.82) is 0 Å². The van der Waals surface area contributed by atoms with E-state index in [1.54, 1.807) is 6.07 Å². The fourth-order valence-electron chi connectivity index (χ4n) is 3.72. The van der Waals surface area contributed by atoms with Gasteiger partial charge < -0.3 is 4.74 Å². The van der Waals surface area contributed by atoms with Crippen molar-refractivity contribution in [3.05, 3.63) is 77.9 Å². The number of nitrogens with one attached hydrogen (secondary N) is 2. The molecule has 2 amide bonds. The van der Waals surface area contributed by atoms with Crippen molar-refractivity contribution >= 4 is 22.6 Å². The highest BCUT2D eigenvalue weighted by Crippen LogP contribution is 2.50. The summed E-state index contributed by atoms with van der Waals surface area (Å²) in [4.78, 5) is 24.6. The average Bonchev–Trinajstić information content (AvgIpc) is 3.57. The monoisotopic (exact) mass is 442 g/mol. The Bertz CT molecular complexity index is 1160. The van der Waals surface area contributed by atoms with Gasteiger partial charge in [0, 0.05) is 5.92 Å². The number of carbonyl (C=O) groups is 2. The zero-order chi connectivity index (χ0) is 22.9. The predicted molar refractivity (Wildman–Crippen MR) is 113 cm³/mol. The molecule has 2 N–H and O–H groups in total. The number of carbonyl (C=O) groups excluding carboxylic acids is 2. The number of hydrazine groups is 1. The minimum atomic E-state index is -4.48. The largest absolute Gasteiger partial charge is 0.481 e. The second-order valence-electron chi connectivity index (χ2n) is 7.78. The van der Waals surface area contributed by atoms with Gasteiger partial charge in [0.2, 0.25) is 5.91 Å². The van der Waals surface area contributed by atoms with E-state index in [9.17, 15) is 22.8 Å². The Balaban J connectivity index is 1.31. The third kappa shape index (κ3) is 4.69. The van der Waals surface area contributed by atoms with Crippen LogP contribution in [0.3, 0.4) is 0 Å². The molecule has 5 nitrogen and oxygen atoms in total. The van der Waals surface area contributed by atoms with Gasteiger partial charge in [0.15, 0.2) is 6.10 Å². The van der Waals surface area contributed by atoms with Crippen LogP contribution in [-0.2, 0) is 15.8 Å². The second-order valence-corrected chi connectivity index (χ2v) is 7.78. The Morgan fingerprint density at radius 3 is 2.41 bits per heavy atom. The van der Waals surface area contributed by atoms with Gasteiger partial charge in [0.25, 0.3) is 5.91 Å². The van der Waals surface area contributed by atoms with E-state index in [-0.39, 0.29) is 12.0 Å². The number of halogens is 3. The first kappa shape index (κ1) is 21.7. The van der Waals surface area contributed by atoms with Gasteiger partial charge in [-0.25, -0.2) is 0 Å². The molecule has 0 saturated heterocycles. The molecule has 8 heteroatoms. The molecule has 1 aliphatic rings. The lowest BCUT2D eigenvalue weighted by Gasteiger charge is -2.16. The summed E-state index contributed by atoms with van der Waals surface area (Å²) in [6.45, 7) is 1.54. The number of benzene rings is 3. The maximum absolute atomic E-state index is 13.2. The van der Waals surface area contributed by atoms with Gasteiger partial charge in [0.05, 0.1) is 5.56 Å². The summed E-state index contributed by atoms with van der Waals surface area (Å²) >= 11 is 0. The van der Waals surface area contributed by atoms with Crippen molar-refractivity contribution in [2.75, 3.05) is 0 Å². The van der Waals surface area contributed by atoms with Crippen molar-refractivity contribution < 1.29 is 27.5 Å². The van der Waals surface area contributed by atoms with Gasteiger partial charge >= 0.3 is 6.18 Å². The van der Waals surface area contributed by atoms with Gasteiger partial charge in [-0.05, 0) is 53.8 Å². The Kier molecular flexibility index (Phi) is 5.78. The first-order chi connectivity index (χ1) is 15.2. The molecule has 0 spiro atoms. The van der Waals surface area contributed by atoms with Crippen LogP contribution >= 0.6 is 0 Å². The number of amides is 2. The molecule has 0 radical (unpaired) electrons. The van der Waals surface area contributed by atoms with E-state index in [0.717, 1.165) is 16.8 Å². The number of hydrogen-bond acceptors (Lipinski definition) is 3. The zero-order valence-electron chi connectivity index (χ0n) is 17.1. The van der Waals surface area contributed by atoms with Crippen molar-refractivity contribution in [2.24, 2.45) is 5.92 Å². The number of ether oxygens (including phenoxy) is 1. The normalized spacial score (nSPS) is 18.6. The van der Waals surface area contributed by atoms with Crippen LogP contribution < -0.4 is 15.6 Å². The van der Waals surface area contributed by atoms with E-state index in [1.165, 1.54) is 25.1 Å². The molecule has 3 atom stereocenters. The molecular formula is C24H21F3N2O3. The van der Waals surface area contributed by atoms with E-state index in [0.29, 0.717) is 5.75 Å². The van der Waals surface area contributed by atoms with Crippen LogP contribution in [0.15, 0.2) is 66.7 Å². The molecule has 32 heavy (non-hydrogen) atoms. The molecule has 166 valence electrons. The number of rotatable bonds is 5. The molecule has 1 saturated carbocycles. The highest BCUT2D eigenvalue weighted by Gasteiger charge is 2.48. The average molecular weight is 442 g/mol. The SMILES string of the molecule is CC(Oc1ccc2ccccc2c1)C(=O)NNC(=O)C1CC1c1ccccc1C(F)(F)F. The van der Waals surface area contributed by atoms with Crippen LogP contribution in [0.2, 0.25) is 0 Å². The molecule has 4 rings (SSSR count). The van der Waals surface area contributed by atoms with Crippen molar-refractivity contribution in [2.45, 2.75) is 31.5 Å². The van der Waals surface area contributed by atoms with E-state index in [2.05, 4.69) is 10.9 Å². The Labute approximate surface area is 182 Å². The van der Waals surface area contributed by atoms with Crippen LogP contribution in [0, 0.1) is 5.92 Å². The topological polar surface area (TPSA) is 67.4 Å². The fraction of sp³-hybridized carbons (Fsp3) is 0.250. The third-order valence-electron chi connectivity index (χ3n) is 5.50. The molecule has 3 aromatic rings. The Morgan fingerprint density at radius 1 is 0.969 bits per heavy atom. The van der Waals surface area contributed by atoms with E-state index in [4.69, 9.17) is 4.74 Å². The smallest absolute Gasteiger partial charge is 0.416 e. The summed E-state index contributed by atoms with van der Waals surface area (Å²) in [5, 5.41) is 2.00. The fourth-order valence-corrected chi connectivity index (χ4v) is 3.72. The maximum atomic E-state index is 13.2. The number of alkyl halides is 3. The molecule has 1 fully saturated rings. The van der Waals surface area contributed by atoms with E-state index >= 15 is 0 Å². The molecule has 0 heterocycles. The van der Waals surface area contributed by atoms with Crippen LogP contribution in [0.4, 0.5) is 13.2 Å². The molecule has 3 aromatic carbocycles. The van der Waals surface area contributed by atoms with Gasteiger partial charge in [-0.1, -0.05) is 48.5 Å². The predicted octanol–water partition coefficient (Wildman–Crippen LogP) is 4.58. The second kappa shape index (κ2) is 8.53. The first-order valence-electron chi connectivity index (χ1n) is 10.2. The summed E-state index contributed by atoms with van der Waals surface area (Å²) in [5.41, 5.74) is 3.95. The molecule has 0 aromatic heterocycles. The minimum absolute atomic E-state index is 0.0967. The highest BCUT2D eigenvalue weighted by atomic mass is 19.4. The van der Waals surface area contributed by atoms with Crippen LogP contribution in [0.1, 0.15) is 30.4 Å². The maximum Gasteiger partial charge on any atom is 0.416 e.